The lowest BCUT2D eigenvalue weighted by atomic mass is 10.2. The van der Waals surface area contributed by atoms with Crippen LogP contribution in [0.5, 0.6) is 0 Å². The summed E-state index contributed by atoms with van der Waals surface area (Å²) in [6.07, 6.45) is 3.44. The van der Waals surface area contributed by atoms with Crippen molar-refractivity contribution in [3.8, 4) is 11.3 Å². The van der Waals surface area contributed by atoms with Crippen LogP contribution in [0, 0.1) is 12.7 Å². The molecule has 0 saturated heterocycles. The highest BCUT2D eigenvalue weighted by Gasteiger charge is 2.14. The first kappa shape index (κ1) is 19.5. The summed E-state index contributed by atoms with van der Waals surface area (Å²) in [6.45, 7) is 2.11. The largest absolute Gasteiger partial charge is 0.294 e. The van der Waals surface area contributed by atoms with Gasteiger partial charge in [-0.25, -0.2) is 22.5 Å². The lowest BCUT2D eigenvalue weighted by molar-refractivity contribution is 0.591. The van der Waals surface area contributed by atoms with Crippen molar-refractivity contribution in [2.75, 3.05) is 0 Å². The van der Waals surface area contributed by atoms with Crippen LogP contribution in [-0.2, 0) is 16.6 Å². The molecule has 0 aliphatic heterocycles. The van der Waals surface area contributed by atoms with E-state index in [-0.39, 0.29) is 12.4 Å². The molecule has 8 heteroatoms. The quantitative estimate of drug-likeness (QED) is 0.489. The van der Waals surface area contributed by atoms with E-state index in [0.29, 0.717) is 0 Å². The molecule has 2 aromatic carbocycles. The van der Waals surface area contributed by atoms with Crippen molar-refractivity contribution in [3.05, 3.63) is 88.2 Å². The highest BCUT2D eigenvalue weighted by atomic mass is 32.2. The molecule has 2 aromatic heterocycles. The third-order valence-corrected chi connectivity index (χ3v) is 6.66. The van der Waals surface area contributed by atoms with Crippen LogP contribution in [0.4, 0.5) is 4.39 Å². The van der Waals surface area contributed by atoms with Crippen LogP contribution in [0.3, 0.4) is 0 Å². The molecule has 0 atom stereocenters. The zero-order valence-electron chi connectivity index (χ0n) is 15.5. The van der Waals surface area contributed by atoms with Gasteiger partial charge in [-0.15, -0.1) is 0 Å². The normalized spacial score (nSPS) is 12.2. The smallest absolute Gasteiger partial charge is 0.234 e. The zero-order chi connectivity index (χ0) is 20.4. The van der Waals surface area contributed by atoms with Crippen LogP contribution in [0.15, 0.2) is 66.2 Å². The Hall–Kier alpha value is -2.81. The molecule has 29 heavy (non-hydrogen) atoms. The highest BCUT2D eigenvalue weighted by molar-refractivity contribution is 7.92. The molecule has 0 radical (unpaired) electrons. The number of thiazole rings is 1. The second kappa shape index (κ2) is 7.90. The van der Waals surface area contributed by atoms with Gasteiger partial charge in [0.25, 0.3) is 0 Å². The van der Waals surface area contributed by atoms with Crippen molar-refractivity contribution in [1.29, 1.82) is 0 Å². The summed E-state index contributed by atoms with van der Waals surface area (Å²) in [5.74, 6) is -0.290. The number of halogens is 1. The maximum absolute atomic E-state index is 13.1. The third kappa shape index (κ3) is 4.45. The van der Waals surface area contributed by atoms with Crippen molar-refractivity contribution in [2.45, 2.75) is 13.5 Å². The van der Waals surface area contributed by atoms with Gasteiger partial charge >= 0.3 is 0 Å². The fourth-order valence-corrected chi connectivity index (χ4v) is 4.78. The number of sulfonamides is 1. The summed E-state index contributed by atoms with van der Waals surface area (Å²) in [7, 11) is -3.56. The van der Waals surface area contributed by atoms with Crippen LogP contribution < -0.4 is 4.72 Å². The fourth-order valence-electron chi connectivity index (χ4n) is 2.86. The maximum Gasteiger partial charge on any atom is 0.234 e. The third-order valence-electron chi connectivity index (χ3n) is 4.47. The van der Waals surface area contributed by atoms with Gasteiger partial charge in [0.2, 0.25) is 10.0 Å². The molecule has 0 bridgehead atoms. The van der Waals surface area contributed by atoms with Crippen LogP contribution in [0.2, 0.25) is 0 Å². The van der Waals surface area contributed by atoms with Gasteiger partial charge in [-0.1, -0.05) is 41.7 Å². The van der Waals surface area contributed by atoms with E-state index in [0.717, 1.165) is 32.4 Å². The number of aryl methyl sites for hydroxylation is 1. The first-order chi connectivity index (χ1) is 13.9. The van der Waals surface area contributed by atoms with Gasteiger partial charge in [0, 0.05) is 34.3 Å². The van der Waals surface area contributed by atoms with E-state index < -0.39 is 10.0 Å². The van der Waals surface area contributed by atoms with Crippen molar-refractivity contribution in [1.82, 2.24) is 14.1 Å². The second-order valence-corrected chi connectivity index (χ2v) is 9.19. The molecule has 0 amide bonds. The van der Waals surface area contributed by atoms with E-state index in [1.807, 2.05) is 47.9 Å². The Morgan fingerprint density at radius 2 is 1.86 bits per heavy atom. The number of nitrogens with one attached hydrogen (secondary N) is 1. The number of benzene rings is 2. The van der Waals surface area contributed by atoms with Crippen molar-refractivity contribution in [3.63, 3.8) is 0 Å². The Balaban J connectivity index is 1.50. The molecule has 148 valence electrons. The predicted molar refractivity (Wildman–Crippen MR) is 114 cm³/mol. The lowest BCUT2D eigenvalue weighted by Gasteiger charge is -2.02. The highest BCUT2D eigenvalue weighted by Crippen LogP contribution is 2.27. The number of rotatable bonds is 6. The molecule has 1 N–H and O–H groups in total. The van der Waals surface area contributed by atoms with Gasteiger partial charge in [-0.2, -0.15) is 0 Å². The average Bonchev–Trinajstić information content (AvgIpc) is 3.26. The molecular weight excluding hydrogens is 409 g/mol. The van der Waals surface area contributed by atoms with E-state index >= 15 is 0 Å². The summed E-state index contributed by atoms with van der Waals surface area (Å²) in [6, 6.07) is 15.4. The predicted octanol–water partition coefficient (Wildman–Crippen LogP) is 4.60. The molecule has 0 aliphatic carbocycles. The molecule has 0 fully saturated rings. The number of hydrogen-bond acceptors (Lipinski definition) is 4. The van der Waals surface area contributed by atoms with Crippen LogP contribution in [-0.4, -0.2) is 17.8 Å². The molecule has 4 aromatic rings. The molecule has 5 nitrogen and oxygen atoms in total. The topological polar surface area (TPSA) is 63.5 Å². The Morgan fingerprint density at radius 1 is 1.14 bits per heavy atom. The Kier molecular flexibility index (Phi) is 5.31. The van der Waals surface area contributed by atoms with Gasteiger partial charge in [0.05, 0.1) is 5.69 Å². The molecular formula is C21H18FN3O2S2. The van der Waals surface area contributed by atoms with Crippen LogP contribution >= 0.6 is 11.3 Å². The fraction of sp³-hybridized carbons (Fsp3) is 0.0952. The number of imidazole rings is 1. The Bertz CT molecular complexity index is 1270. The molecule has 0 unspecified atom stereocenters. The SMILES string of the molecule is Cc1c(CNS(=O)(=O)C=Cc2ccccc2)sc2nc(-c3ccc(F)cc3)cn12. The van der Waals surface area contributed by atoms with Crippen molar-refractivity contribution >= 4 is 32.4 Å². The lowest BCUT2D eigenvalue weighted by Crippen LogP contribution is -2.20. The monoisotopic (exact) mass is 427 g/mol. The molecule has 0 spiro atoms. The maximum atomic E-state index is 13.1. The standard InChI is InChI=1S/C21H18FN3O2S2/c1-15-20(13-23-29(26,27)12-11-16-5-3-2-4-6-16)28-21-24-19(14-25(15)21)17-7-9-18(22)10-8-17/h2-12,14,23H,13H2,1H3. The first-order valence-electron chi connectivity index (χ1n) is 8.87. The summed E-state index contributed by atoms with van der Waals surface area (Å²) >= 11 is 1.42. The van der Waals surface area contributed by atoms with Crippen molar-refractivity contribution < 1.29 is 12.8 Å². The number of nitrogens with zero attached hydrogens (tertiary/aromatic N) is 2. The van der Waals surface area contributed by atoms with Crippen LogP contribution in [0.25, 0.3) is 22.3 Å². The van der Waals surface area contributed by atoms with Gasteiger partial charge in [-0.05, 0) is 42.8 Å². The van der Waals surface area contributed by atoms with Gasteiger partial charge in [0.1, 0.15) is 5.82 Å². The molecule has 2 heterocycles. The van der Waals surface area contributed by atoms with Gasteiger partial charge in [0.15, 0.2) is 4.96 Å². The van der Waals surface area contributed by atoms with E-state index in [1.54, 1.807) is 18.2 Å². The minimum atomic E-state index is -3.56. The summed E-state index contributed by atoms with van der Waals surface area (Å²) in [5, 5.41) is 1.17. The molecule has 0 aliphatic rings. The zero-order valence-corrected chi connectivity index (χ0v) is 17.2. The Labute approximate surface area is 172 Å². The summed E-state index contributed by atoms with van der Waals surface area (Å²) < 4.78 is 42.2. The van der Waals surface area contributed by atoms with E-state index in [4.69, 9.17) is 0 Å². The molecule has 0 saturated carbocycles. The second-order valence-electron chi connectivity index (χ2n) is 6.48. The Morgan fingerprint density at radius 3 is 2.55 bits per heavy atom. The van der Waals surface area contributed by atoms with E-state index in [2.05, 4.69) is 9.71 Å². The van der Waals surface area contributed by atoms with Crippen LogP contribution in [0.1, 0.15) is 16.1 Å². The average molecular weight is 428 g/mol. The summed E-state index contributed by atoms with van der Waals surface area (Å²) in [5.41, 5.74) is 3.31. The van der Waals surface area contributed by atoms with Gasteiger partial charge in [-0.3, -0.25) is 4.40 Å². The summed E-state index contributed by atoms with van der Waals surface area (Å²) in [4.78, 5) is 6.23. The minimum absolute atomic E-state index is 0.188. The van der Waals surface area contributed by atoms with Gasteiger partial charge < -0.3 is 0 Å². The van der Waals surface area contributed by atoms with E-state index in [1.165, 1.54) is 28.9 Å². The van der Waals surface area contributed by atoms with Crippen molar-refractivity contribution in [2.24, 2.45) is 0 Å². The molecule has 4 rings (SSSR count). The number of fused-ring (bicyclic) bond motifs is 1. The minimum Gasteiger partial charge on any atom is -0.294 e. The first-order valence-corrected chi connectivity index (χ1v) is 11.2. The number of hydrogen-bond donors (Lipinski definition) is 1. The number of aromatic nitrogens is 2. The van der Waals surface area contributed by atoms with E-state index in [9.17, 15) is 12.8 Å².